The smallest absolute Gasteiger partial charge is 0.270 e. The third-order valence-electron chi connectivity index (χ3n) is 4.00. The number of benzene rings is 1. The molecular formula is C16H19Cl2N5OS. The van der Waals surface area contributed by atoms with Crippen molar-refractivity contribution in [2.45, 2.75) is 16.2 Å². The molecule has 0 radical (unpaired) electrons. The first-order chi connectivity index (χ1) is 12.0. The first-order valence-electron chi connectivity index (χ1n) is 7.93. The molecule has 0 aliphatic carbocycles. The first kappa shape index (κ1) is 18.4. The highest BCUT2D eigenvalue weighted by Crippen LogP contribution is 2.37. The summed E-state index contributed by atoms with van der Waals surface area (Å²) in [6, 6.07) is 5.28. The Balaban J connectivity index is 1.98. The quantitative estimate of drug-likeness (QED) is 0.825. The van der Waals surface area contributed by atoms with E-state index in [1.165, 1.54) is 11.8 Å². The van der Waals surface area contributed by atoms with E-state index >= 15 is 0 Å². The summed E-state index contributed by atoms with van der Waals surface area (Å²) < 4.78 is 1.54. The molecule has 1 saturated heterocycles. The molecule has 3 N–H and O–H groups in total. The van der Waals surface area contributed by atoms with E-state index in [0.29, 0.717) is 25.8 Å². The lowest BCUT2D eigenvalue weighted by atomic mass is 10.4. The van der Waals surface area contributed by atoms with Gasteiger partial charge in [0.2, 0.25) is 5.95 Å². The summed E-state index contributed by atoms with van der Waals surface area (Å²) >= 11 is 13.5. The van der Waals surface area contributed by atoms with Gasteiger partial charge in [-0.25, -0.2) is 0 Å². The zero-order valence-electron chi connectivity index (χ0n) is 13.8. The molecule has 0 spiro atoms. The van der Waals surface area contributed by atoms with Crippen LogP contribution < -0.4 is 21.5 Å². The van der Waals surface area contributed by atoms with E-state index in [1.807, 2.05) is 0 Å². The molecule has 2 heterocycles. The largest absolute Gasteiger partial charge is 0.382 e. The molecule has 9 heteroatoms. The lowest BCUT2D eigenvalue weighted by Crippen LogP contribution is -2.35. The van der Waals surface area contributed by atoms with Gasteiger partial charge in [0.1, 0.15) is 10.7 Å². The van der Waals surface area contributed by atoms with E-state index in [1.54, 1.807) is 29.8 Å². The Morgan fingerprint density at radius 1 is 1.28 bits per heavy atom. The number of nitrogens with one attached hydrogen (secondary N) is 1. The number of nitrogens with two attached hydrogens (primary N) is 1. The molecule has 1 aromatic heterocycles. The number of halogens is 2. The Morgan fingerprint density at radius 3 is 2.88 bits per heavy atom. The van der Waals surface area contributed by atoms with Crippen LogP contribution in [0, 0.1) is 0 Å². The summed E-state index contributed by atoms with van der Waals surface area (Å²) in [6.07, 6.45) is 0.990. The van der Waals surface area contributed by atoms with Crippen molar-refractivity contribution in [1.82, 2.24) is 14.9 Å². The fourth-order valence-corrected chi connectivity index (χ4v) is 4.10. The van der Waals surface area contributed by atoms with Crippen molar-refractivity contribution >= 4 is 46.7 Å². The molecule has 25 heavy (non-hydrogen) atoms. The molecule has 6 nitrogen and oxygen atoms in total. The molecule has 0 saturated carbocycles. The minimum absolute atomic E-state index is 0.194. The topological polar surface area (TPSA) is 76.2 Å². The maximum atomic E-state index is 12.8. The molecule has 0 unspecified atom stereocenters. The van der Waals surface area contributed by atoms with E-state index in [-0.39, 0.29) is 11.4 Å². The van der Waals surface area contributed by atoms with Crippen molar-refractivity contribution in [2.75, 3.05) is 36.8 Å². The molecule has 134 valence electrons. The van der Waals surface area contributed by atoms with Crippen molar-refractivity contribution < 1.29 is 0 Å². The zero-order valence-corrected chi connectivity index (χ0v) is 16.1. The average Bonchev–Trinajstić information content (AvgIpc) is 2.88. The fraction of sp³-hybridized carbons (Fsp3) is 0.375. The van der Waals surface area contributed by atoms with E-state index in [4.69, 9.17) is 28.9 Å². The predicted octanol–water partition coefficient (Wildman–Crippen LogP) is 2.62. The van der Waals surface area contributed by atoms with Crippen molar-refractivity contribution in [3.63, 3.8) is 0 Å². The maximum Gasteiger partial charge on any atom is 0.270 e. The van der Waals surface area contributed by atoms with Crippen molar-refractivity contribution in [3.8, 4) is 0 Å². The van der Waals surface area contributed by atoms with Crippen molar-refractivity contribution in [1.29, 1.82) is 0 Å². The van der Waals surface area contributed by atoms with Crippen LogP contribution in [0.15, 0.2) is 32.8 Å². The lowest BCUT2D eigenvalue weighted by molar-refractivity contribution is 0.707. The number of rotatable bonds is 3. The standard InChI is InChI=1S/C16H19Cl2N5OS/c1-22-15(24)13(25-11-5-2-4-10(17)12(11)18)14(19)21-16(22)23-8-3-6-20-7-9-23/h2,4-5,20H,3,6-9,19H2,1H3. The van der Waals surface area contributed by atoms with Gasteiger partial charge >= 0.3 is 0 Å². The zero-order chi connectivity index (χ0) is 18.0. The first-order valence-corrected chi connectivity index (χ1v) is 9.50. The number of hydrogen-bond acceptors (Lipinski definition) is 6. The minimum Gasteiger partial charge on any atom is -0.382 e. The molecule has 1 aliphatic heterocycles. The number of anilines is 2. The second-order valence-corrected chi connectivity index (χ2v) is 7.57. The van der Waals surface area contributed by atoms with Crippen LogP contribution in [-0.2, 0) is 7.05 Å². The Labute approximate surface area is 160 Å². The SMILES string of the molecule is Cn1c(N2CCCNCC2)nc(N)c(Sc2cccc(Cl)c2Cl)c1=O. The molecule has 0 bridgehead atoms. The molecule has 3 rings (SSSR count). The van der Waals surface area contributed by atoms with Crippen LogP contribution in [0.4, 0.5) is 11.8 Å². The fourth-order valence-electron chi connectivity index (χ4n) is 2.68. The second-order valence-electron chi connectivity index (χ2n) is 5.73. The third-order valence-corrected chi connectivity index (χ3v) is 6.08. The summed E-state index contributed by atoms with van der Waals surface area (Å²) in [5.74, 6) is 0.795. The van der Waals surface area contributed by atoms with Gasteiger partial charge in [-0.2, -0.15) is 4.98 Å². The number of hydrogen-bond donors (Lipinski definition) is 2. The Bertz CT molecular complexity index is 834. The van der Waals surface area contributed by atoms with Gasteiger partial charge in [0.15, 0.2) is 0 Å². The van der Waals surface area contributed by atoms with Crippen molar-refractivity contribution in [3.05, 3.63) is 38.6 Å². The van der Waals surface area contributed by atoms with Crippen LogP contribution in [0.1, 0.15) is 6.42 Å². The van der Waals surface area contributed by atoms with Gasteiger partial charge in [-0.15, -0.1) is 0 Å². The number of aromatic nitrogens is 2. The monoisotopic (exact) mass is 399 g/mol. The summed E-state index contributed by atoms with van der Waals surface area (Å²) in [6.45, 7) is 3.43. The van der Waals surface area contributed by atoms with Gasteiger partial charge in [0, 0.05) is 31.6 Å². The van der Waals surface area contributed by atoms with E-state index in [0.717, 1.165) is 32.6 Å². The van der Waals surface area contributed by atoms with Gasteiger partial charge < -0.3 is 16.0 Å². The molecule has 1 aliphatic rings. The summed E-state index contributed by atoms with van der Waals surface area (Å²) in [4.78, 5) is 20.4. The van der Waals surface area contributed by atoms with Gasteiger partial charge in [-0.1, -0.05) is 41.0 Å². The second kappa shape index (κ2) is 7.86. The van der Waals surface area contributed by atoms with Crippen LogP contribution in [0.25, 0.3) is 0 Å². The predicted molar refractivity (Wildman–Crippen MR) is 104 cm³/mol. The lowest BCUT2D eigenvalue weighted by Gasteiger charge is -2.24. The normalized spacial score (nSPS) is 15.2. The highest BCUT2D eigenvalue weighted by atomic mass is 35.5. The van der Waals surface area contributed by atoms with Crippen LogP contribution in [-0.4, -0.2) is 35.7 Å². The summed E-state index contributed by atoms with van der Waals surface area (Å²) in [5, 5.41) is 4.17. The van der Waals surface area contributed by atoms with E-state index in [9.17, 15) is 4.79 Å². The highest BCUT2D eigenvalue weighted by Gasteiger charge is 2.20. The van der Waals surface area contributed by atoms with Crippen molar-refractivity contribution in [2.24, 2.45) is 7.05 Å². The average molecular weight is 400 g/mol. The summed E-state index contributed by atoms with van der Waals surface area (Å²) in [7, 11) is 1.71. The summed E-state index contributed by atoms with van der Waals surface area (Å²) in [5.41, 5.74) is 5.92. The minimum atomic E-state index is -0.194. The van der Waals surface area contributed by atoms with E-state index < -0.39 is 0 Å². The molecule has 2 aromatic rings. The Morgan fingerprint density at radius 2 is 2.08 bits per heavy atom. The van der Waals surface area contributed by atoms with Crippen LogP contribution in [0.2, 0.25) is 10.0 Å². The van der Waals surface area contributed by atoms with Gasteiger partial charge in [-0.05, 0) is 25.1 Å². The molecular weight excluding hydrogens is 381 g/mol. The van der Waals surface area contributed by atoms with Gasteiger partial charge in [0.05, 0.1) is 10.0 Å². The van der Waals surface area contributed by atoms with Gasteiger partial charge in [0.25, 0.3) is 5.56 Å². The molecule has 1 fully saturated rings. The Kier molecular flexibility index (Phi) is 5.78. The Hall–Kier alpha value is -1.41. The number of nitrogens with zero attached hydrogens (tertiary/aromatic N) is 3. The van der Waals surface area contributed by atoms with Crippen LogP contribution in [0.5, 0.6) is 0 Å². The van der Waals surface area contributed by atoms with E-state index in [2.05, 4.69) is 15.2 Å². The third kappa shape index (κ3) is 3.89. The molecule has 0 amide bonds. The van der Waals surface area contributed by atoms with Crippen LogP contribution >= 0.6 is 35.0 Å². The molecule has 1 aromatic carbocycles. The van der Waals surface area contributed by atoms with Gasteiger partial charge in [-0.3, -0.25) is 9.36 Å². The maximum absolute atomic E-state index is 12.8. The molecule has 0 atom stereocenters. The van der Waals surface area contributed by atoms with Crippen LogP contribution in [0.3, 0.4) is 0 Å². The highest BCUT2D eigenvalue weighted by molar-refractivity contribution is 7.99. The number of nitrogen functional groups attached to an aromatic ring is 1.